The zero-order chi connectivity index (χ0) is 31.2. The predicted molar refractivity (Wildman–Crippen MR) is 146 cm³/mol. The van der Waals surface area contributed by atoms with Gasteiger partial charge in [-0.05, 0) is 50.3 Å². The summed E-state index contributed by atoms with van der Waals surface area (Å²) in [5.41, 5.74) is 0.115. The number of nitrogens with one attached hydrogen (secondary N) is 3. The van der Waals surface area contributed by atoms with E-state index in [1.165, 1.54) is 19.1 Å². The number of hydrogen-bond donors (Lipinski definition) is 3. The Kier molecular flexibility index (Phi) is 11.1. The highest BCUT2D eigenvalue weighted by Crippen LogP contribution is 2.37. The fourth-order valence-electron chi connectivity index (χ4n) is 4.23. The van der Waals surface area contributed by atoms with Crippen LogP contribution in [0.25, 0.3) is 0 Å². The molecule has 2 aromatic rings. The molecule has 42 heavy (non-hydrogen) atoms. The highest BCUT2D eigenvalue weighted by atomic mass is 35.5. The number of alkyl halides is 5. The summed E-state index contributed by atoms with van der Waals surface area (Å²) in [4.78, 5) is 41.9. The van der Waals surface area contributed by atoms with Crippen molar-refractivity contribution in [3.05, 3.63) is 63.3 Å². The Bertz CT molecular complexity index is 1350. The van der Waals surface area contributed by atoms with E-state index in [4.69, 9.17) is 27.9 Å². The third-order valence-electron chi connectivity index (χ3n) is 6.45. The molecule has 3 N–H and O–H groups in total. The summed E-state index contributed by atoms with van der Waals surface area (Å²) < 4.78 is 69.5. The van der Waals surface area contributed by atoms with E-state index in [1.54, 1.807) is 0 Å². The third kappa shape index (κ3) is 8.78. The molecule has 3 rings (SSSR count). The summed E-state index contributed by atoms with van der Waals surface area (Å²) in [5.74, 6) is -3.98. The molecule has 0 atom stereocenters. The van der Waals surface area contributed by atoms with E-state index < -0.39 is 54.8 Å². The van der Waals surface area contributed by atoms with Gasteiger partial charge in [0, 0.05) is 18.2 Å². The molecule has 0 aliphatic heterocycles. The molecule has 0 saturated heterocycles. The Morgan fingerprint density at radius 1 is 1.12 bits per heavy atom. The van der Waals surface area contributed by atoms with Gasteiger partial charge in [-0.3, -0.25) is 14.4 Å². The predicted octanol–water partition coefficient (Wildman–Crippen LogP) is 6.33. The van der Waals surface area contributed by atoms with Crippen LogP contribution in [0.4, 0.5) is 27.6 Å². The van der Waals surface area contributed by atoms with Gasteiger partial charge in [0.1, 0.15) is 5.56 Å². The topological polar surface area (TPSA) is 109 Å². The number of carbonyl (C=O) groups excluding carboxylic acids is 3. The first kappa shape index (κ1) is 33.1. The molecule has 1 fully saturated rings. The summed E-state index contributed by atoms with van der Waals surface area (Å²) in [5, 5.41) is 7.59. The minimum atomic E-state index is -4.33. The average Bonchev–Trinajstić information content (AvgIpc) is 2.91. The van der Waals surface area contributed by atoms with Crippen LogP contribution in [0.15, 0.2) is 36.5 Å². The lowest BCUT2D eigenvalue weighted by atomic mass is 9.85. The molecular formula is C27H27Cl2F5N4O4. The van der Waals surface area contributed by atoms with Crippen LogP contribution in [0, 0.1) is 5.92 Å². The second-order valence-corrected chi connectivity index (χ2v) is 10.4. The number of benzene rings is 1. The van der Waals surface area contributed by atoms with Gasteiger partial charge in [0.05, 0.1) is 33.4 Å². The van der Waals surface area contributed by atoms with E-state index in [0.717, 1.165) is 12.3 Å². The van der Waals surface area contributed by atoms with E-state index in [2.05, 4.69) is 27.5 Å². The van der Waals surface area contributed by atoms with E-state index in [0.29, 0.717) is 5.56 Å². The summed E-state index contributed by atoms with van der Waals surface area (Å²) in [7, 11) is 0. The van der Waals surface area contributed by atoms with Gasteiger partial charge in [0.25, 0.3) is 18.2 Å². The maximum absolute atomic E-state index is 13.1. The van der Waals surface area contributed by atoms with E-state index in [9.17, 15) is 36.3 Å². The molecule has 1 saturated carbocycles. The van der Waals surface area contributed by atoms with Crippen molar-refractivity contribution in [1.29, 1.82) is 0 Å². The second kappa shape index (κ2) is 14.1. The number of halogens is 7. The summed E-state index contributed by atoms with van der Waals surface area (Å²) >= 11 is 12.6. The van der Waals surface area contributed by atoms with Gasteiger partial charge in [-0.15, -0.1) is 0 Å². The van der Waals surface area contributed by atoms with Crippen LogP contribution in [0.3, 0.4) is 0 Å². The van der Waals surface area contributed by atoms with Gasteiger partial charge < -0.3 is 20.7 Å². The molecule has 1 aromatic heterocycles. The van der Waals surface area contributed by atoms with Gasteiger partial charge in [0.15, 0.2) is 6.61 Å². The minimum absolute atomic E-state index is 0.0234. The highest BCUT2D eigenvalue weighted by molar-refractivity contribution is 6.40. The lowest BCUT2D eigenvalue weighted by molar-refractivity contribution is -0.182. The Morgan fingerprint density at radius 3 is 2.38 bits per heavy atom. The molecule has 1 aliphatic rings. The molecule has 0 bridgehead atoms. The maximum Gasteiger partial charge on any atom is 0.391 e. The quantitative estimate of drug-likeness (QED) is 0.209. The van der Waals surface area contributed by atoms with Crippen LogP contribution in [0.5, 0.6) is 5.88 Å². The Balaban J connectivity index is 1.81. The second-order valence-electron chi connectivity index (χ2n) is 9.66. The van der Waals surface area contributed by atoms with Gasteiger partial charge in [-0.25, -0.2) is 13.8 Å². The van der Waals surface area contributed by atoms with Gasteiger partial charge in [0.2, 0.25) is 11.8 Å². The molecule has 1 heterocycles. The molecule has 3 amide bonds. The van der Waals surface area contributed by atoms with Crippen molar-refractivity contribution >= 4 is 46.6 Å². The first-order valence-corrected chi connectivity index (χ1v) is 13.4. The van der Waals surface area contributed by atoms with Crippen LogP contribution in [0.1, 0.15) is 58.9 Å². The molecule has 0 radical (unpaired) electrons. The molecule has 0 unspecified atom stereocenters. The lowest BCUT2D eigenvalue weighted by Gasteiger charge is -2.30. The van der Waals surface area contributed by atoms with Crippen LogP contribution >= 0.6 is 23.2 Å². The zero-order valence-corrected chi connectivity index (χ0v) is 23.7. The summed E-state index contributed by atoms with van der Waals surface area (Å²) in [6, 6.07) is 3.45. The Hall–Kier alpha value is -3.45. The molecule has 15 heteroatoms. The molecule has 1 aliphatic carbocycles. The molecule has 8 nitrogen and oxygen atoms in total. The number of aromatic nitrogens is 1. The smallest absolute Gasteiger partial charge is 0.391 e. The van der Waals surface area contributed by atoms with Crippen LogP contribution in [-0.2, 0) is 11.3 Å². The van der Waals surface area contributed by atoms with E-state index in [-0.39, 0.29) is 64.7 Å². The van der Waals surface area contributed by atoms with Gasteiger partial charge in [-0.2, -0.15) is 13.2 Å². The van der Waals surface area contributed by atoms with Crippen molar-refractivity contribution in [1.82, 2.24) is 15.6 Å². The number of rotatable bonds is 10. The summed E-state index contributed by atoms with van der Waals surface area (Å²) in [6.07, 6.45) is -6.37. The first-order chi connectivity index (χ1) is 19.7. The van der Waals surface area contributed by atoms with Crippen molar-refractivity contribution in [2.24, 2.45) is 5.92 Å². The van der Waals surface area contributed by atoms with Gasteiger partial charge >= 0.3 is 6.18 Å². The Morgan fingerprint density at radius 2 is 1.79 bits per heavy atom. The highest BCUT2D eigenvalue weighted by Gasteiger charge is 2.41. The van der Waals surface area contributed by atoms with Crippen molar-refractivity contribution in [3.8, 4) is 5.88 Å². The van der Waals surface area contributed by atoms with Crippen LogP contribution < -0.4 is 20.7 Å². The van der Waals surface area contributed by atoms with Crippen LogP contribution in [0.2, 0.25) is 10.0 Å². The standard InChI is InChI=1S/C27H27Cl2F5N4O4/c1-13(2)23(39)35-10-14-3-8-19(28)21(22(14)29)25(41)38-17-9-18(26(36-11-17)42-12-20(30)31)24(40)37-16-6-4-15(5-7-16)27(32,33)34/h3,8-9,11,15-16,20H,1,4-7,10,12H2,2H3,(H,35,39)(H,37,40)(H,38,41). The number of hydrogen-bond acceptors (Lipinski definition) is 5. The summed E-state index contributed by atoms with van der Waals surface area (Å²) in [6.45, 7) is 3.94. The van der Waals surface area contributed by atoms with Crippen LogP contribution in [-0.4, -0.2) is 48.0 Å². The Labute approximate surface area is 248 Å². The average molecular weight is 637 g/mol. The maximum atomic E-state index is 13.1. The molecular weight excluding hydrogens is 610 g/mol. The van der Waals surface area contributed by atoms with Crippen molar-refractivity contribution in [3.63, 3.8) is 0 Å². The largest absolute Gasteiger partial charge is 0.471 e. The van der Waals surface area contributed by atoms with Crippen molar-refractivity contribution < 1.29 is 41.1 Å². The fraction of sp³-hybridized carbons (Fsp3) is 0.407. The fourth-order valence-corrected chi connectivity index (χ4v) is 4.84. The normalized spacial score (nSPS) is 17.0. The van der Waals surface area contributed by atoms with E-state index >= 15 is 0 Å². The van der Waals surface area contributed by atoms with Crippen molar-refractivity contribution in [2.45, 2.75) is 57.8 Å². The first-order valence-electron chi connectivity index (χ1n) is 12.7. The number of carbonyl (C=O) groups is 3. The zero-order valence-electron chi connectivity index (χ0n) is 22.2. The number of ether oxygens (including phenoxy) is 1. The molecule has 1 aromatic carbocycles. The monoisotopic (exact) mass is 636 g/mol. The number of nitrogens with zero attached hydrogens (tertiary/aromatic N) is 1. The van der Waals surface area contributed by atoms with Crippen molar-refractivity contribution in [2.75, 3.05) is 11.9 Å². The number of anilines is 1. The lowest BCUT2D eigenvalue weighted by Crippen LogP contribution is -2.40. The SMILES string of the molecule is C=C(C)C(=O)NCc1ccc(Cl)c(C(=O)Nc2cnc(OCC(F)F)c(C(=O)NC3CCC(C(F)(F)F)CC3)c2)c1Cl. The third-order valence-corrected chi connectivity index (χ3v) is 7.20. The number of amides is 3. The molecule has 0 spiro atoms. The minimum Gasteiger partial charge on any atom is -0.471 e. The number of pyridine rings is 1. The van der Waals surface area contributed by atoms with Gasteiger partial charge in [-0.1, -0.05) is 35.8 Å². The van der Waals surface area contributed by atoms with E-state index in [1.807, 2.05) is 0 Å². The molecule has 228 valence electrons.